The zero-order valence-corrected chi connectivity index (χ0v) is 13.1. The molecule has 0 saturated carbocycles. The van der Waals surface area contributed by atoms with Gasteiger partial charge in [0, 0.05) is 17.3 Å². The molecule has 0 saturated heterocycles. The molecule has 2 amide bonds. The molecule has 4 nitrogen and oxygen atoms in total. The lowest BCUT2D eigenvalue weighted by molar-refractivity contribution is -0.118. The fourth-order valence-corrected chi connectivity index (χ4v) is 2.33. The molecule has 1 aromatic carbocycles. The first kappa shape index (κ1) is 15.3. The minimum Gasteiger partial charge on any atom is -0.326 e. The van der Waals surface area contributed by atoms with Gasteiger partial charge in [0.15, 0.2) is 0 Å². The first-order valence-electron chi connectivity index (χ1n) is 6.73. The summed E-state index contributed by atoms with van der Waals surface area (Å²) < 4.78 is 0. The summed E-state index contributed by atoms with van der Waals surface area (Å²) in [5.41, 5.74) is 2.34. The van der Waals surface area contributed by atoms with Crippen LogP contribution in [0.2, 0.25) is 0 Å². The van der Waals surface area contributed by atoms with Gasteiger partial charge in [-0.2, -0.15) is 0 Å². The molecule has 2 rings (SSSR count). The summed E-state index contributed by atoms with van der Waals surface area (Å²) >= 11 is 1.39. The molecule has 0 fully saturated rings. The fourth-order valence-electron chi connectivity index (χ4n) is 1.71. The van der Waals surface area contributed by atoms with Gasteiger partial charge >= 0.3 is 0 Å². The van der Waals surface area contributed by atoms with Crippen LogP contribution in [0.1, 0.15) is 29.1 Å². The van der Waals surface area contributed by atoms with E-state index in [1.54, 1.807) is 12.1 Å². The molecule has 0 aliphatic heterocycles. The van der Waals surface area contributed by atoms with Crippen LogP contribution in [0.25, 0.3) is 0 Å². The van der Waals surface area contributed by atoms with E-state index >= 15 is 0 Å². The number of aryl methyl sites for hydroxylation is 1. The second kappa shape index (κ2) is 6.54. The van der Waals surface area contributed by atoms with Gasteiger partial charge in [-0.15, -0.1) is 11.3 Å². The monoisotopic (exact) mass is 302 g/mol. The molecule has 1 heterocycles. The number of carbonyl (C=O) groups excluding carboxylic acids is 2. The lowest BCUT2D eigenvalue weighted by atomic mass is 10.1. The van der Waals surface area contributed by atoms with Crippen LogP contribution in [0.4, 0.5) is 11.4 Å². The SMILES string of the molecule is Cc1ccc(NC(=O)c2cccs2)cc1NC(=O)C(C)C. The lowest BCUT2D eigenvalue weighted by Gasteiger charge is -2.12. The van der Waals surface area contributed by atoms with Gasteiger partial charge in [0.2, 0.25) is 5.91 Å². The highest BCUT2D eigenvalue weighted by Crippen LogP contribution is 2.22. The standard InChI is InChI=1S/C16H18N2O2S/c1-10(2)15(19)18-13-9-12(7-6-11(13)3)17-16(20)14-5-4-8-21-14/h4-10H,1-3H3,(H,17,20)(H,18,19). The molecule has 0 aliphatic carbocycles. The molecule has 21 heavy (non-hydrogen) atoms. The molecule has 0 aliphatic rings. The van der Waals surface area contributed by atoms with Crippen molar-refractivity contribution in [2.45, 2.75) is 20.8 Å². The Balaban J connectivity index is 2.15. The van der Waals surface area contributed by atoms with Gasteiger partial charge in [0.1, 0.15) is 0 Å². The molecule has 5 heteroatoms. The molecule has 2 aromatic rings. The Labute approximate surface area is 128 Å². The van der Waals surface area contributed by atoms with Crippen LogP contribution in [0, 0.1) is 12.8 Å². The van der Waals surface area contributed by atoms with Crippen molar-refractivity contribution in [3.05, 3.63) is 46.2 Å². The number of benzene rings is 1. The second-order valence-corrected chi connectivity index (χ2v) is 6.05. The normalized spacial score (nSPS) is 10.5. The maximum atomic E-state index is 12.0. The number of rotatable bonds is 4. The summed E-state index contributed by atoms with van der Waals surface area (Å²) in [5, 5.41) is 7.56. The van der Waals surface area contributed by atoms with Gasteiger partial charge in [-0.1, -0.05) is 26.0 Å². The average Bonchev–Trinajstić information content (AvgIpc) is 2.96. The molecular formula is C16H18N2O2S. The van der Waals surface area contributed by atoms with Gasteiger partial charge in [0.25, 0.3) is 5.91 Å². The van der Waals surface area contributed by atoms with Gasteiger partial charge in [0.05, 0.1) is 4.88 Å². The van der Waals surface area contributed by atoms with Crippen molar-refractivity contribution in [3.63, 3.8) is 0 Å². The van der Waals surface area contributed by atoms with Crippen molar-refractivity contribution in [3.8, 4) is 0 Å². The van der Waals surface area contributed by atoms with E-state index in [9.17, 15) is 9.59 Å². The van der Waals surface area contributed by atoms with Gasteiger partial charge in [-0.3, -0.25) is 9.59 Å². The summed E-state index contributed by atoms with van der Waals surface area (Å²) in [6, 6.07) is 9.09. The van der Waals surface area contributed by atoms with Crippen molar-refractivity contribution in [1.29, 1.82) is 0 Å². The number of carbonyl (C=O) groups is 2. The summed E-state index contributed by atoms with van der Waals surface area (Å²) in [4.78, 5) is 24.5. The van der Waals surface area contributed by atoms with Crippen molar-refractivity contribution in [2.24, 2.45) is 5.92 Å². The molecule has 110 valence electrons. The van der Waals surface area contributed by atoms with Gasteiger partial charge in [-0.05, 0) is 36.1 Å². The fraction of sp³-hybridized carbons (Fsp3) is 0.250. The van der Waals surface area contributed by atoms with Crippen LogP contribution in [-0.4, -0.2) is 11.8 Å². The molecule has 1 aromatic heterocycles. The zero-order valence-electron chi connectivity index (χ0n) is 12.3. The molecule has 0 radical (unpaired) electrons. The molecule has 0 spiro atoms. The van der Waals surface area contributed by atoms with Gasteiger partial charge in [-0.25, -0.2) is 0 Å². The first-order valence-corrected chi connectivity index (χ1v) is 7.61. The number of nitrogens with one attached hydrogen (secondary N) is 2. The number of hydrogen-bond acceptors (Lipinski definition) is 3. The third-order valence-electron chi connectivity index (χ3n) is 3.02. The van der Waals surface area contributed by atoms with Crippen LogP contribution < -0.4 is 10.6 Å². The van der Waals surface area contributed by atoms with E-state index in [1.807, 2.05) is 44.4 Å². The van der Waals surface area contributed by atoms with E-state index in [2.05, 4.69) is 10.6 Å². The Hall–Kier alpha value is -2.14. The van der Waals surface area contributed by atoms with E-state index < -0.39 is 0 Å². The van der Waals surface area contributed by atoms with E-state index in [4.69, 9.17) is 0 Å². The third-order valence-corrected chi connectivity index (χ3v) is 3.89. The summed E-state index contributed by atoms with van der Waals surface area (Å²) in [6.45, 7) is 5.60. The van der Waals surface area contributed by atoms with Crippen LogP contribution >= 0.6 is 11.3 Å². The molecule has 2 N–H and O–H groups in total. The summed E-state index contributed by atoms with van der Waals surface area (Å²) in [5.74, 6) is -0.274. The van der Waals surface area contributed by atoms with Gasteiger partial charge < -0.3 is 10.6 Å². The highest BCUT2D eigenvalue weighted by Gasteiger charge is 2.11. The Morgan fingerprint density at radius 2 is 1.90 bits per heavy atom. The smallest absolute Gasteiger partial charge is 0.265 e. The highest BCUT2D eigenvalue weighted by molar-refractivity contribution is 7.12. The largest absolute Gasteiger partial charge is 0.326 e. The van der Waals surface area contributed by atoms with Crippen molar-refractivity contribution in [1.82, 2.24) is 0 Å². The maximum Gasteiger partial charge on any atom is 0.265 e. The minimum atomic E-state index is -0.144. The van der Waals surface area contributed by atoms with E-state index in [0.29, 0.717) is 10.6 Å². The van der Waals surface area contributed by atoms with Crippen molar-refractivity contribution >= 4 is 34.5 Å². The number of amides is 2. The predicted molar refractivity (Wildman–Crippen MR) is 86.9 cm³/mol. The summed E-state index contributed by atoms with van der Waals surface area (Å²) in [6.07, 6.45) is 0. The van der Waals surface area contributed by atoms with E-state index in [1.165, 1.54) is 11.3 Å². The Morgan fingerprint density at radius 1 is 1.14 bits per heavy atom. The molecule has 0 atom stereocenters. The number of hydrogen-bond donors (Lipinski definition) is 2. The molecule has 0 unspecified atom stereocenters. The van der Waals surface area contributed by atoms with Crippen LogP contribution in [0.5, 0.6) is 0 Å². The Morgan fingerprint density at radius 3 is 2.52 bits per heavy atom. The number of thiophene rings is 1. The van der Waals surface area contributed by atoms with Crippen LogP contribution in [0.15, 0.2) is 35.7 Å². The average molecular weight is 302 g/mol. The molecule has 0 bridgehead atoms. The zero-order chi connectivity index (χ0) is 15.4. The Bertz CT molecular complexity index is 648. The first-order chi connectivity index (χ1) is 9.97. The molecular weight excluding hydrogens is 284 g/mol. The van der Waals surface area contributed by atoms with Crippen LogP contribution in [-0.2, 0) is 4.79 Å². The summed E-state index contributed by atoms with van der Waals surface area (Å²) in [7, 11) is 0. The second-order valence-electron chi connectivity index (χ2n) is 5.11. The van der Waals surface area contributed by atoms with E-state index in [-0.39, 0.29) is 17.7 Å². The van der Waals surface area contributed by atoms with Crippen LogP contribution in [0.3, 0.4) is 0 Å². The quantitative estimate of drug-likeness (QED) is 0.899. The van der Waals surface area contributed by atoms with Crippen molar-refractivity contribution in [2.75, 3.05) is 10.6 Å². The Kier molecular flexibility index (Phi) is 4.75. The third kappa shape index (κ3) is 3.92. The van der Waals surface area contributed by atoms with Crippen molar-refractivity contribution < 1.29 is 9.59 Å². The number of anilines is 2. The minimum absolute atomic E-state index is 0.0418. The highest BCUT2D eigenvalue weighted by atomic mass is 32.1. The van der Waals surface area contributed by atoms with E-state index in [0.717, 1.165) is 11.3 Å². The predicted octanol–water partition coefficient (Wildman–Crippen LogP) is 3.90. The maximum absolute atomic E-state index is 12.0. The lowest BCUT2D eigenvalue weighted by Crippen LogP contribution is -2.18. The topological polar surface area (TPSA) is 58.2 Å².